The molecular formula is C16H16BrF2N. The van der Waals surface area contributed by atoms with Crippen LogP contribution in [0.1, 0.15) is 22.7 Å². The molecule has 0 saturated carbocycles. The summed E-state index contributed by atoms with van der Waals surface area (Å²) in [7, 11) is 1.87. The smallest absolute Gasteiger partial charge is 0.159 e. The molecule has 2 aromatic rings. The third kappa shape index (κ3) is 3.44. The minimum absolute atomic E-state index is 0.0629. The molecule has 1 unspecified atom stereocenters. The summed E-state index contributed by atoms with van der Waals surface area (Å²) in [6, 6.07) is 10.2. The van der Waals surface area contributed by atoms with Gasteiger partial charge in [-0.3, -0.25) is 0 Å². The van der Waals surface area contributed by atoms with Crippen molar-refractivity contribution in [2.75, 3.05) is 7.05 Å². The summed E-state index contributed by atoms with van der Waals surface area (Å²) in [5, 5.41) is 3.23. The first kappa shape index (κ1) is 15.1. The third-order valence-corrected chi connectivity index (χ3v) is 3.87. The van der Waals surface area contributed by atoms with Crippen LogP contribution >= 0.6 is 15.9 Å². The highest BCUT2D eigenvalue weighted by atomic mass is 79.9. The van der Waals surface area contributed by atoms with E-state index in [2.05, 4.69) is 21.2 Å². The van der Waals surface area contributed by atoms with Crippen LogP contribution in [0.2, 0.25) is 0 Å². The fourth-order valence-electron chi connectivity index (χ4n) is 2.30. The maximum atomic E-state index is 13.3. The molecular weight excluding hydrogens is 324 g/mol. The first-order valence-electron chi connectivity index (χ1n) is 6.38. The van der Waals surface area contributed by atoms with E-state index in [0.717, 1.165) is 21.2 Å². The number of likely N-dealkylation sites (N-methyl/N-ethyl adjacent to an activating group) is 1. The van der Waals surface area contributed by atoms with Crippen molar-refractivity contribution < 1.29 is 8.78 Å². The molecule has 1 atom stereocenters. The van der Waals surface area contributed by atoms with E-state index >= 15 is 0 Å². The zero-order valence-electron chi connectivity index (χ0n) is 11.4. The molecule has 106 valence electrons. The lowest BCUT2D eigenvalue weighted by Crippen LogP contribution is -2.20. The van der Waals surface area contributed by atoms with Gasteiger partial charge in [0.05, 0.1) is 0 Å². The van der Waals surface area contributed by atoms with Crippen molar-refractivity contribution in [2.45, 2.75) is 19.4 Å². The Balaban J connectivity index is 2.26. The summed E-state index contributed by atoms with van der Waals surface area (Å²) in [6.45, 7) is 2.04. The summed E-state index contributed by atoms with van der Waals surface area (Å²) in [5.74, 6) is -1.61. The molecule has 0 aliphatic carbocycles. The molecule has 0 fully saturated rings. The maximum absolute atomic E-state index is 13.3. The van der Waals surface area contributed by atoms with Crippen molar-refractivity contribution in [1.82, 2.24) is 5.32 Å². The standard InChI is InChI=1S/C16H16BrF2N/c1-10-7-12(17)4-5-13(10)16(20-2)9-11-3-6-14(18)15(19)8-11/h3-8,16,20H,9H2,1-2H3. The van der Waals surface area contributed by atoms with Crippen LogP contribution in [0.4, 0.5) is 8.78 Å². The zero-order chi connectivity index (χ0) is 14.7. The van der Waals surface area contributed by atoms with Crippen LogP contribution < -0.4 is 5.32 Å². The number of rotatable bonds is 4. The Morgan fingerprint density at radius 1 is 1.10 bits per heavy atom. The van der Waals surface area contributed by atoms with Crippen molar-refractivity contribution in [1.29, 1.82) is 0 Å². The van der Waals surface area contributed by atoms with Crippen LogP contribution in [-0.2, 0) is 6.42 Å². The second kappa shape index (κ2) is 6.46. The molecule has 0 aromatic heterocycles. The maximum Gasteiger partial charge on any atom is 0.159 e. The highest BCUT2D eigenvalue weighted by Crippen LogP contribution is 2.25. The van der Waals surface area contributed by atoms with Crippen LogP contribution in [0.5, 0.6) is 0 Å². The molecule has 1 N–H and O–H groups in total. The molecule has 0 saturated heterocycles. The number of hydrogen-bond acceptors (Lipinski definition) is 1. The van der Waals surface area contributed by atoms with Gasteiger partial charge in [-0.25, -0.2) is 8.78 Å². The quantitative estimate of drug-likeness (QED) is 0.862. The lowest BCUT2D eigenvalue weighted by atomic mass is 9.95. The highest BCUT2D eigenvalue weighted by molar-refractivity contribution is 9.10. The predicted octanol–water partition coefficient (Wildman–Crippen LogP) is 4.54. The Kier molecular flexibility index (Phi) is 4.89. The first-order chi connectivity index (χ1) is 9.51. The van der Waals surface area contributed by atoms with Crippen LogP contribution in [0.25, 0.3) is 0 Å². The van der Waals surface area contributed by atoms with Crippen LogP contribution in [-0.4, -0.2) is 7.05 Å². The average molecular weight is 340 g/mol. The fraction of sp³-hybridized carbons (Fsp3) is 0.250. The SMILES string of the molecule is CNC(Cc1ccc(F)c(F)c1)c1ccc(Br)cc1C. The van der Waals surface area contributed by atoms with E-state index in [9.17, 15) is 8.78 Å². The van der Waals surface area contributed by atoms with Gasteiger partial charge in [0, 0.05) is 10.5 Å². The largest absolute Gasteiger partial charge is 0.313 e. The molecule has 1 nitrogen and oxygen atoms in total. The molecule has 0 radical (unpaired) electrons. The lowest BCUT2D eigenvalue weighted by Gasteiger charge is -2.19. The molecule has 0 heterocycles. The molecule has 4 heteroatoms. The summed E-state index contributed by atoms with van der Waals surface area (Å²) < 4.78 is 27.2. The minimum Gasteiger partial charge on any atom is -0.313 e. The van der Waals surface area contributed by atoms with Gasteiger partial charge in [0.2, 0.25) is 0 Å². The normalized spacial score (nSPS) is 12.4. The van der Waals surface area contributed by atoms with E-state index < -0.39 is 11.6 Å². The van der Waals surface area contributed by atoms with E-state index in [1.807, 2.05) is 32.2 Å². The molecule has 2 aromatic carbocycles. The van der Waals surface area contributed by atoms with E-state index in [1.54, 1.807) is 6.07 Å². The summed E-state index contributed by atoms with van der Waals surface area (Å²) in [6.07, 6.45) is 0.607. The Morgan fingerprint density at radius 3 is 2.45 bits per heavy atom. The highest BCUT2D eigenvalue weighted by Gasteiger charge is 2.14. The van der Waals surface area contributed by atoms with Gasteiger partial charge < -0.3 is 5.32 Å². The first-order valence-corrected chi connectivity index (χ1v) is 7.18. The lowest BCUT2D eigenvalue weighted by molar-refractivity contribution is 0.504. The van der Waals surface area contributed by atoms with Gasteiger partial charge in [-0.2, -0.15) is 0 Å². The average Bonchev–Trinajstić information content (AvgIpc) is 2.41. The molecule has 20 heavy (non-hydrogen) atoms. The number of halogens is 3. The van der Waals surface area contributed by atoms with Gasteiger partial charge in [0.1, 0.15) is 0 Å². The third-order valence-electron chi connectivity index (χ3n) is 3.38. The second-order valence-corrected chi connectivity index (χ2v) is 5.71. The van der Waals surface area contributed by atoms with Crippen LogP contribution in [0.3, 0.4) is 0 Å². The van der Waals surface area contributed by atoms with Gasteiger partial charge in [-0.05, 0) is 61.3 Å². The Hall–Kier alpha value is -1.26. The van der Waals surface area contributed by atoms with Crippen LogP contribution in [0, 0.1) is 18.6 Å². The molecule has 0 aliphatic rings. The number of hydrogen-bond donors (Lipinski definition) is 1. The molecule has 2 rings (SSSR count). The van der Waals surface area contributed by atoms with E-state index in [4.69, 9.17) is 0 Å². The molecule has 0 bridgehead atoms. The number of nitrogens with one attached hydrogen (secondary N) is 1. The van der Waals surface area contributed by atoms with Crippen molar-refractivity contribution >= 4 is 15.9 Å². The van der Waals surface area contributed by atoms with Crippen molar-refractivity contribution in [3.05, 3.63) is 69.2 Å². The van der Waals surface area contributed by atoms with Crippen LogP contribution in [0.15, 0.2) is 40.9 Å². The van der Waals surface area contributed by atoms with Gasteiger partial charge >= 0.3 is 0 Å². The van der Waals surface area contributed by atoms with Gasteiger partial charge in [-0.15, -0.1) is 0 Å². The summed E-state index contributed by atoms with van der Waals surface area (Å²) in [4.78, 5) is 0. The Bertz CT molecular complexity index is 613. The Labute approximate surface area is 126 Å². The van der Waals surface area contributed by atoms with Crippen molar-refractivity contribution in [3.8, 4) is 0 Å². The summed E-state index contributed by atoms with van der Waals surface area (Å²) >= 11 is 3.44. The second-order valence-electron chi connectivity index (χ2n) is 4.79. The minimum atomic E-state index is -0.811. The number of aryl methyl sites for hydroxylation is 1. The van der Waals surface area contributed by atoms with E-state index in [1.165, 1.54) is 12.1 Å². The molecule has 0 aliphatic heterocycles. The zero-order valence-corrected chi connectivity index (χ0v) is 13.0. The predicted molar refractivity (Wildman–Crippen MR) is 80.7 cm³/mol. The number of benzene rings is 2. The van der Waals surface area contributed by atoms with E-state index in [-0.39, 0.29) is 6.04 Å². The molecule has 0 amide bonds. The van der Waals surface area contributed by atoms with Gasteiger partial charge in [-0.1, -0.05) is 28.1 Å². The summed E-state index contributed by atoms with van der Waals surface area (Å²) in [5.41, 5.74) is 3.08. The monoisotopic (exact) mass is 339 g/mol. The van der Waals surface area contributed by atoms with E-state index in [0.29, 0.717) is 6.42 Å². The topological polar surface area (TPSA) is 12.0 Å². The Morgan fingerprint density at radius 2 is 1.85 bits per heavy atom. The fourth-order valence-corrected chi connectivity index (χ4v) is 2.78. The van der Waals surface area contributed by atoms with Crippen molar-refractivity contribution in [2.24, 2.45) is 0 Å². The van der Waals surface area contributed by atoms with Crippen molar-refractivity contribution in [3.63, 3.8) is 0 Å². The van der Waals surface area contributed by atoms with Gasteiger partial charge in [0.25, 0.3) is 0 Å². The van der Waals surface area contributed by atoms with Gasteiger partial charge in [0.15, 0.2) is 11.6 Å². The molecule has 0 spiro atoms.